The summed E-state index contributed by atoms with van der Waals surface area (Å²) in [5.74, 6) is 0. The zero-order valence-electron chi connectivity index (χ0n) is 17.2. The molecule has 0 amide bonds. The van der Waals surface area contributed by atoms with Crippen LogP contribution >= 0.6 is 7.92 Å². The van der Waals surface area contributed by atoms with E-state index in [1.54, 1.807) is 6.92 Å². The summed E-state index contributed by atoms with van der Waals surface area (Å²) in [4.78, 5) is 0. The second-order valence-corrected chi connectivity index (χ2v) is 9.28. The van der Waals surface area contributed by atoms with E-state index >= 15 is 0 Å². The van der Waals surface area contributed by atoms with Gasteiger partial charge in [0.25, 0.3) is 0 Å². The van der Waals surface area contributed by atoms with Gasteiger partial charge in [-0.3, -0.25) is 0 Å². The van der Waals surface area contributed by atoms with Gasteiger partial charge in [-0.05, 0) is 36.3 Å². The third-order valence-corrected chi connectivity index (χ3v) is 7.13. The lowest BCUT2D eigenvalue weighted by Crippen LogP contribution is -2.24. The normalized spacial score (nSPS) is 12.5. The van der Waals surface area contributed by atoms with E-state index < -0.39 is 14.0 Å². The number of rotatable bonds is 5. The summed E-state index contributed by atoms with van der Waals surface area (Å²) in [6.45, 7) is 1.79. The van der Waals surface area contributed by atoms with Crippen molar-refractivity contribution >= 4 is 23.8 Å². The lowest BCUT2D eigenvalue weighted by molar-refractivity contribution is 0.153. The van der Waals surface area contributed by atoms with Gasteiger partial charge < -0.3 is 10.8 Å². The minimum atomic E-state index is -0.545. The molecule has 0 aliphatic rings. The lowest BCUT2D eigenvalue weighted by atomic mass is 10.0. The Balaban J connectivity index is 0.000000199. The average Bonchev–Trinajstić information content (AvgIpc) is 2.82. The molecule has 3 heteroatoms. The van der Waals surface area contributed by atoms with Crippen molar-refractivity contribution in [3.8, 4) is 0 Å². The van der Waals surface area contributed by atoms with Gasteiger partial charge in [0, 0.05) is 6.04 Å². The van der Waals surface area contributed by atoms with Gasteiger partial charge in [-0.15, -0.1) is 0 Å². The van der Waals surface area contributed by atoms with Crippen LogP contribution in [0.4, 0.5) is 0 Å². The van der Waals surface area contributed by atoms with Crippen molar-refractivity contribution in [2.24, 2.45) is 5.73 Å². The van der Waals surface area contributed by atoms with E-state index in [1.165, 1.54) is 15.9 Å². The Hall–Kier alpha value is -2.77. The molecule has 0 saturated carbocycles. The van der Waals surface area contributed by atoms with Crippen LogP contribution in [0.5, 0.6) is 0 Å². The molecule has 2 atom stereocenters. The van der Waals surface area contributed by atoms with Crippen LogP contribution in [0.1, 0.15) is 18.6 Å². The molecule has 0 aromatic heterocycles. The van der Waals surface area contributed by atoms with Crippen molar-refractivity contribution in [1.29, 1.82) is 0 Å². The van der Waals surface area contributed by atoms with Crippen molar-refractivity contribution in [2.75, 3.05) is 0 Å². The van der Waals surface area contributed by atoms with Crippen molar-refractivity contribution in [3.63, 3.8) is 0 Å². The fraction of sp³-hybridized carbons (Fsp3) is 0.111. The highest BCUT2D eigenvalue weighted by Crippen LogP contribution is 2.32. The molecule has 0 saturated heterocycles. The molecule has 0 aliphatic carbocycles. The van der Waals surface area contributed by atoms with Gasteiger partial charge in [0.15, 0.2) is 0 Å². The van der Waals surface area contributed by atoms with E-state index in [0.29, 0.717) is 0 Å². The molecule has 0 unspecified atom stereocenters. The number of hydrogen-bond donors (Lipinski definition) is 2. The predicted octanol–water partition coefficient (Wildman–Crippen LogP) is 4.51. The smallest absolute Gasteiger partial charge is 0.0938 e. The van der Waals surface area contributed by atoms with Crippen LogP contribution in [0, 0.1) is 0 Å². The molecule has 0 radical (unpaired) electrons. The van der Waals surface area contributed by atoms with Crippen LogP contribution in [0.2, 0.25) is 0 Å². The third kappa shape index (κ3) is 6.11. The third-order valence-electron chi connectivity index (χ3n) is 4.68. The van der Waals surface area contributed by atoms with Crippen molar-refractivity contribution in [1.82, 2.24) is 0 Å². The molecule has 2 nitrogen and oxygen atoms in total. The molecular weight excluding hydrogens is 385 g/mol. The molecule has 4 aromatic rings. The van der Waals surface area contributed by atoms with E-state index in [-0.39, 0.29) is 6.04 Å². The van der Waals surface area contributed by atoms with Gasteiger partial charge in [0.2, 0.25) is 0 Å². The monoisotopic (exact) mass is 413 g/mol. The van der Waals surface area contributed by atoms with E-state index in [0.717, 1.165) is 5.56 Å². The standard InChI is InChI=1S/C18H15P.C9H13NO/c1-4-10-16(11-5-1)19(17-12-6-2-7-13-17)18-14-8-3-9-15-18;1-7(10)9(11)8-5-3-2-4-6-8/h1-15H;2-7,9,11H,10H2,1H3/t;7-,9-/m.1/s1. The number of aliphatic hydroxyl groups is 1. The highest BCUT2D eigenvalue weighted by molar-refractivity contribution is 7.79. The first-order valence-corrected chi connectivity index (χ1v) is 11.4. The topological polar surface area (TPSA) is 46.2 Å². The van der Waals surface area contributed by atoms with Crippen LogP contribution in [0.3, 0.4) is 0 Å². The van der Waals surface area contributed by atoms with Gasteiger partial charge in [0.05, 0.1) is 6.10 Å². The zero-order valence-corrected chi connectivity index (χ0v) is 18.1. The Labute approximate surface area is 180 Å². The summed E-state index contributed by atoms with van der Waals surface area (Å²) in [6.07, 6.45) is -0.545. The maximum atomic E-state index is 9.47. The first-order chi connectivity index (χ1) is 14.7. The molecular formula is C27H28NOP. The van der Waals surface area contributed by atoms with E-state index in [2.05, 4.69) is 91.0 Å². The molecule has 4 rings (SSSR count). The Morgan fingerprint density at radius 3 is 1.17 bits per heavy atom. The average molecular weight is 414 g/mol. The molecule has 30 heavy (non-hydrogen) atoms. The van der Waals surface area contributed by atoms with Crippen molar-refractivity contribution in [2.45, 2.75) is 19.1 Å². The predicted molar refractivity (Wildman–Crippen MR) is 130 cm³/mol. The fourth-order valence-corrected chi connectivity index (χ4v) is 5.44. The SMILES string of the molecule is C[C@@H](N)[C@@H](O)c1ccccc1.c1ccc(P(c2ccccc2)c2ccccc2)cc1. The van der Waals surface area contributed by atoms with Crippen molar-refractivity contribution < 1.29 is 5.11 Å². The van der Waals surface area contributed by atoms with Gasteiger partial charge in [-0.2, -0.15) is 0 Å². The van der Waals surface area contributed by atoms with E-state index in [1.807, 2.05) is 30.3 Å². The summed E-state index contributed by atoms with van der Waals surface area (Å²) in [5.41, 5.74) is 6.40. The van der Waals surface area contributed by atoms with Gasteiger partial charge in [0.1, 0.15) is 0 Å². The van der Waals surface area contributed by atoms with Gasteiger partial charge in [-0.1, -0.05) is 121 Å². The lowest BCUT2D eigenvalue weighted by Gasteiger charge is -2.18. The highest BCUT2D eigenvalue weighted by Gasteiger charge is 2.15. The Bertz CT molecular complexity index is 882. The largest absolute Gasteiger partial charge is 0.387 e. The number of benzene rings is 4. The Morgan fingerprint density at radius 2 is 0.867 bits per heavy atom. The summed E-state index contributed by atoms with van der Waals surface area (Å²) in [5, 5.41) is 13.7. The number of nitrogens with two attached hydrogens (primary N) is 1. The quantitative estimate of drug-likeness (QED) is 0.473. The second kappa shape index (κ2) is 11.4. The second-order valence-electron chi connectivity index (χ2n) is 7.06. The van der Waals surface area contributed by atoms with Crippen LogP contribution in [0.25, 0.3) is 0 Å². The summed E-state index contributed by atoms with van der Waals surface area (Å²) < 4.78 is 0. The number of hydrogen-bond acceptors (Lipinski definition) is 2. The minimum absolute atomic E-state index is 0.211. The molecule has 4 aromatic carbocycles. The summed E-state index contributed by atoms with van der Waals surface area (Å²) >= 11 is 0. The molecule has 3 N–H and O–H groups in total. The molecule has 152 valence electrons. The molecule has 0 bridgehead atoms. The van der Waals surface area contributed by atoms with Crippen LogP contribution in [-0.4, -0.2) is 11.1 Å². The summed E-state index contributed by atoms with van der Waals surface area (Å²) in [7, 11) is -0.446. The molecule has 0 fully saturated rings. The number of aliphatic hydroxyl groups excluding tert-OH is 1. The first-order valence-electron chi connectivity index (χ1n) is 10.1. The first kappa shape index (κ1) is 21.9. The van der Waals surface area contributed by atoms with E-state index in [4.69, 9.17) is 5.73 Å². The summed E-state index contributed by atoms with van der Waals surface area (Å²) in [6, 6.07) is 41.5. The van der Waals surface area contributed by atoms with Gasteiger partial charge >= 0.3 is 0 Å². The molecule has 0 aliphatic heterocycles. The maximum Gasteiger partial charge on any atom is 0.0938 e. The van der Waals surface area contributed by atoms with Crippen LogP contribution in [-0.2, 0) is 0 Å². The maximum absolute atomic E-state index is 9.47. The Kier molecular flexibility index (Phi) is 8.35. The van der Waals surface area contributed by atoms with Gasteiger partial charge in [-0.25, -0.2) is 0 Å². The van der Waals surface area contributed by atoms with E-state index in [9.17, 15) is 5.11 Å². The minimum Gasteiger partial charge on any atom is -0.387 e. The fourth-order valence-electron chi connectivity index (χ4n) is 3.13. The Morgan fingerprint density at radius 1 is 0.567 bits per heavy atom. The molecule has 0 heterocycles. The van der Waals surface area contributed by atoms with Crippen LogP contribution < -0.4 is 21.6 Å². The molecule has 0 spiro atoms. The highest BCUT2D eigenvalue weighted by atomic mass is 31.1. The zero-order chi connectivity index (χ0) is 21.2. The van der Waals surface area contributed by atoms with Crippen molar-refractivity contribution in [3.05, 3.63) is 127 Å². The van der Waals surface area contributed by atoms with Crippen LogP contribution in [0.15, 0.2) is 121 Å².